The average Bonchev–Trinajstić information content (AvgIpc) is 2.90. The van der Waals surface area contributed by atoms with Crippen molar-refractivity contribution >= 4 is 22.7 Å². The maximum Gasteiger partial charge on any atom is 0.234 e. The lowest BCUT2D eigenvalue weighted by atomic mass is 10.0. The Bertz CT molecular complexity index is 1060. The van der Waals surface area contributed by atoms with Gasteiger partial charge in [-0.1, -0.05) is 72.8 Å². The van der Waals surface area contributed by atoms with Crippen LogP contribution in [0.3, 0.4) is 0 Å². The van der Waals surface area contributed by atoms with Gasteiger partial charge in [0.1, 0.15) is 22.7 Å². The van der Waals surface area contributed by atoms with Crippen molar-refractivity contribution in [3.8, 4) is 0 Å². The van der Waals surface area contributed by atoms with Crippen molar-refractivity contribution in [2.75, 3.05) is 40.0 Å². The van der Waals surface area contributed by atoms with Gasteiger partial charge in [-0.15, -0.1) is 0 Å². The molecule has 4 bridgehead atoms. The van der Waals surface area contributed by atoms with Gasteiger partial charge in [-0.3, -0.25) is 0 Å². The van der Waals surface area contributed by atoms with Crippen molar-refractivity contribution in [2.24, 2.45) is 0 Å². The van der Waals surface area contributed by atoms with Crippen molar-refractivity contribution in [2.45, 2.75) is 0 Å². The number of hydrogen-bond acceptors (Lipinski definition) is 0. The van der Waals surface area contributed by atoms with Crippen molar-refractivity contribution in [1.29, 1.82) is 0 Å². The van der Waals surface area contributed by atoms with E-state index in [0.29, 0.717) is 0 Å². The average molecular weight is 449 g/mol. The summed E-state index contributed by atoms with van der Waals surface area (Å²) in [5.74, 6) is 0. The number of nitrogens with zero attached hydrogens (tertiary/aromatic N) is 4. The van der Waals surface area contributed by atoms with Gasteiger partial charge in [0.05, 0.1) is 0 Å². The van der Waals surface area contributed by atoms with E-state index in [2.05, 4.69) is 121 Å². The molecule has 0 spiro atoms. The van der Waals surface area contributed by atoms with Crippen molar-refractivity contribution in [1.82, 2.24) is 17.9 Å². The van der Waals surface area contributed by atoms with Crippen molar-refractivity contribution in [3.63, 3.8) is 0 Å². The summed E-state index contributed by atoms with van der Waals surface area (Å²) in [4.78, 5) is 0. The zero-order valence-electron chi connectivity index (χ0n) is 19.6. The molecule has 4 nitrogen and oxygen atoms in total. The van der Waals surface area contributed by atoms with Crippen LogP contribution in [0, 0.1) is 0 Å². The second-order valence-electron chi connectivity index (χ2n) is 10.8. The predicted octanol–water partition coefficient (Wildman–Crippen LogP) is 5.80. The molecule has 4 aliphatic heterocycles. The summed E-state index contributed by atoms with van der Waals surface area (Å²) in [5.41, 5.74) is 5.77. The first-order valence-corrected chi connectivity index (χ1v) is 12.3. The van der Waals surface area contributed by atoms with Gasteiger partial charge in [0.25, 0.3) is 0 Å². The summed E-state index contributed by atoms with van der Waals surface area (Å²) in [6.45, 7) is 6.63. The van der Waals surface area contributed by atoms with Crippen LogP contribution >= 0.6 is 0 Å². The van der Waals surface area contributed by atoms with Crippen LogP contribution in [0.4, 0.5) is 22.7 Å². The summed E-state index contributed by atoms with van der Waals surface area (Å²) in [5, 5.41) is 0. The molecule has 4 aromatic carbocycles. The van der Waals surface area contributed by atoms with E-state index in [0.717, 1.165) is 57.9 Å². The third kappa shape index (κ3) is 2.80. The van der Waals surface area contributed by atoms with Crippen LogP contribution in [0.25, 0.3) is 0 Å². The molecule has 4 aromatic rings. The van der Waals surface area contributed by atoms with E-state index in [1.54, 1.807) is 0 Å². The van der Waals surface area contributed by atoms with Gasteiger partial charge in [-0.25, -0.2) is 0 Å². The summed E-state index contributed by atoms with van der Waals surface area (Å²) < 4.78 is 4.00. The number of quaternary nitrogens is 4. The highest BCUT2D eigenvalue weighted by Crippen LogP contribution is 2.51. The van der Waals surface area contributed by atoms with E-state index in [1.807, 2.05) is 0 Å². The first kappa shape index (κ1) is 20.1. The molecule has 4 heteroatoms. The van der Waals surface area contributed by atoms with Crippen LogP contribution in [0.5, 0.6) is 0 Å². The van der Waals surface area contributed by atoms with E-state index in [4.69, 9.17) is 0 Å². The molecule has 8 rings (SSSR count). The largest absolute Gasteiger partial charge is 0.234 e. The first-order valence-electron chi connectivity index (χ1n) is 12.3. The number of para-hydroxylation sites is 4. The number of rotatable bonds is 4. The standard InChI is InChI=1S/C30H32N4/c1-5-13-27(14-6-1)31-21-32(28-15-7-2-8-16-28)24-33(22-31,29-17-9-3-10-18-29)26-34(23-31,25-32)30-19-11-4-12-20-30/h1-20H,21-26H2/q+4. The van der Waals surface area contributed by atoms with Gasteiger partial charge in [0.2, 0.25) is 40.0 Å². The quantitative estimate of drug-likeness (QED) is 0.346. The minimum Gasteiger partial charge on any atom is -0.151 e. The summed E-state index contributed by atoms with van der Waals surface area (Å²) in [6, 6.07) is 45.3. The third-order valence-corrected chi connectivity index (χ3v) is 8.46. The lowest BCUT2D eigenvalue weighted by molar-refractivity contribution is -0.174. The van der Waals surface area contributed by atoms with Crippen molar-refractivity contribution < 1.29 is 0 Å². The third-order valence-electron chi connectivity index (χ3n) is 8.46. The maximum atomic E-state index is 2.36. The molecule has 4 heterocycles. The van der Waals surface area contributed by atoms with E-state index >= 15 is 0 Å². The Morgan fingerprint density at radius 2 is 0.441 bits per heavy atom. The molecule has 0 unspecified atom stereocenters. The zero-order valence-corrected chi connectivity index (χ0v) is 19.6. The van der Waals surface area contributed by atoms with Crippen molar-refractivity contribution in [3.05, 3.63) is 121 Å². The molecule has 0 aromatic heterocycles. The van der Waals surface area contributed by atoms with Crippen LogP contribution < -0.4 is 17.9 Å². The molecular formula is C30H32N4+4. The van der Waals surface area contributed by atoms with Gasteiger partial charge >= 0.3 is 0 Å². The highest BCUT2D eigenvalue weighted by Gasteiger charge is 2.75. The SMILES string of the molecule is c1ccc([N+]23C[N+]4(c5ccccc5)C[N+](c5ccccc5)(C2)C[N+](c2ccccc2)(C3)C4)cc1. The van der Waals surface area contributed by atoms with Gasteiger partial charge in [-0.05, 0) is 48.5 Å². The molecule has 0 aliphatic carbocycles. The fourth-order valence-electron chi connectivity index (χ4n) is 7.60. The molecule has 0 saturated carbocycles. The Kier molecular flexibility index (Phi) is 4.21. The van der Waals surface area contributed by atoms with Gasteiger partial charge in [0.15, 0.2) is 0 Å². The molecule has 4 fully saturated rings. The van der Waals surface area contributed by atoms with Gasteiger partial charge in [-0.2, -0.15) is 17.9 Å². The molecule has 168 valence electrons. The Morgan fingerprint density at radius 1 is 0.265 bits per heavy atom. The second kappa shape index (κ2) is 7.11. The summed E-state index contributed by atoms with van der Waals surface area (Å²) in [6.07, 6.45) is 0. The summed E-state index contributed by atoms with van der Waals surface area (Å²) >= 11 is 0. The summed E-state index contributed by atoms with van der Waals surface area (Å²) in [7, 11) is 0. The van der Waals surface area contributed by atoms with Crippen LogP contribution in [0.15, 0.2) is 121 Å². The Labute approximate surface area is 202 Å². The van der Waals surface area contributed by atoms with E-state index < -0.39 is 0 Å². The Hall–Kier alpha value is -3.28. The highest BCUT2D eigenvalue weighted by atomic mass is 15.9. The normalized spacial score (nSPS) is 33.6. The molecule has 0 radical (unpaired) electrons. The Morgan fingerprint density at radius 3 is 0.618 bits per heavy atom. The fourth-order valence-corrected chi connectivity index (χ4v) is 7.60. The second-order valence-corrected chi connectivity index (χ2v) is 10.8. The topological polar surface area (TPSA) is 0 Å². The van der Waals surface area contributed by atoms with E-state index in [1.165, 1.54) is 22.7 Å². The monoisotopic (exact) mass is 448 g/mol. The Balaban J connectivity index is 1.53. The molecule has 0 N–H and O–H groups in total. The van der Waals surface area contributed by atoms with Gasteiger partial charge in [0, 0.05) is 0 Å². The maximum absolute atomic E-state index is 2.36. The van der Waals surface area contributed by atoms with Crippen LogP contribution in [0.1, 0.15) is 0 Å². The van der Waals surface area contributed by atoms with E-state index in [9.17, 15) is 0 Å². The smallest absolute Gasteiger partial charge is 0.151 e. The number of hydrogen-bond donors (Lipinski definition) is 0. The highest BCUT2D eigenvalue weighted by molar-refractivity contribution is 5.59. The van der Waals surface area contributed by atoms with Crippen LogP contribution in [-0.2, 0) is 0 Å². The molecular weight excluding hydrogens is 416 g/mol. The van der Waals surface area contributed by atoms with E-state index in [-0.39, 0.29) is 0 Å². The molecule has 4 saturated heterocycles. The zero-order chi connectivity index (χ0) is 22.7. The minimum absolute atomic E-state index is 1.000. The molecule has 0 amide bonds. The lowest BCUT2D eigenvalue weighted by Gasteiger charge is -2.66. The number of benzene rings is 4. The lowest BCUT2D eigenvalue weighted by Crippen LogP contribution is -2.98. The molecule has 4 aliphatic rings. The molecule has 34 heavy (non-hydrogen) atoms. The fraction of sp³-hybridized carbons (Fsp3) is 0.200. The minimum atomic E-state index is 1.000. The molecule has 0 atom stereocenters. The van der Waals surface area contributed by atoms with Crippen LogP contribution in [-0.4, -0.2) is 40.0 Å². The first-order chi connectivity index (χ1) is 16.7. The van der Waals surface area contributed by atoms with Crippen LogP contribution in [0.2, 0.25) is 0 Å². The van der Waals surface area contributed by atoms with Gasteiger partial charge < -0.3 is 0 Å². The predicted molar refractivity (Wildman–Crippen MR) is 142 cm³/mol.